The first-order valence-electron chi connectivity index (χ1n) is 8.17. The first kappa shape index (κ1) is 16.3. The minimum Gasteiger partial charge on any atom is -0.494 e. The Balaban J connectivity index is 1.62. The summed E-state index contributed by atoms with van der Waals surface area (Å²) in [6.07, 6.45) is 3.24. The van der Waals surface area contributed by atoms with Gasteiger partial charge in [0.2, 0.25) is 0 Å². The molecule has 0 aliphatic heterocycles. The van der Waals surface area contributed by atoms with Gasteiger partial charge in [-0.3, -0.25) is 4.79 Å². The van der Waals surface area contributed by atoms with E-state index in [2.05, 4.69) is 15.4 Å². The lowest BCUT2D eigenvalue weighted by molar-refractivity contribution is 0.102. The number of hydrogen-bond donors (Lipinski definition) is 1. The van der Waals surface area contributed by atoms with E-state index >= 15 is 0 Å². The lowest BCUT2D eigenvalue weighted by Gasteiger charge is -2.06. The fraction of sp³-hybridized carbons (Fsp3) is 0.105. The average Bonchev–Trinajstić information content (AvgIpc) is 3.33. The molecule has 0 saturated carbocycles. The van der Waals surface area contributed by atoms with Crippen LogP contribution >= 0.6 is 11.3 Å². The predicted molar refractivity (Wildman–Crippen MR) is 102 cm³/mol. The third kappa shape index (κ3) is 3.04. The van der Waals surface area contributed by atoms with Crippen LogP contribution in [0, 0.1) is 0 Å². The SMILES string of the molecule is CCOc1ccc(NC(=O)c2cnn3c(-c4cccs4)ccnc23)cc1. The molecular formula is C19H16N4O2S. The zero-order valence-electron chi connectivity index (χ0n) is 14.0. The van der Waals surface area contributed by atoms with Crippen LogP contribution < -0.4 is 10.1 Å². The summed E-state index contributed by atoms with van der Waals surface area (Å²) >= 11 is 1.62. The molecule has 0 radical (unpaired) electrons. The molecule has 0 unspecified atom stereocenters. The fourth-order valence-electron chi connectivity index (χ4n) is 2.66. The van der Waals surface area contributed by atoms with Crippen LogP contribution in [-0.4, -0.2) is 27.1 Å². The molecule has 4 aromatic rings. The Bertz CT molecular complexity index is 1040. The van der Waals surface area contributed by atoms with Crippen LogP contribution in [0.1, 0.15) is 17.3 Å². The Labute approximate surface area is 154 Å². The molecule has 3 aromatic heterocycles. The molecule has 0 saturated heterocycles. The van der Waals surface area contributed by atoms with E-state index in [-0.39, 0.29) is 5.91 Å². The maximum Gasteiger partial charge on any atom is 0.261 e. The number of fused-ring (bicyclic) bond motifs is 1. The number of anilines is 1. The quantitative estimate of drug-likeness (QED) is 0.579. The van der Waals surface area contributed by atoms with E-state index in [0.717, 1.165) is 16.3 Å². The molecule has 6 nitrogen and oxygen atoms in total. The summed E-state index contributed by atoms with van der Waals surface area (Å²) in [5, 5.41) is 9.24. The molecule has 1 N–H and O–H groups in total. The van der Waals surface area contributed by atoms with Gasteiger partial charge in [0.1, 0.15) is 11.3 Å². The first-order valence-corrected chi connectivity index (χ1v) is 9.05. The topological polar surface area (TPSA) is 68.5 Å². The highest BCUT2D eigenvalue weighted by Crippen LogP contribution is 2.25. The van der Waals surface area contributed by atoms with E-state index in [1.807, 2.05) is 42.6 Å². The maximum absolute atomic E-state index is 12.7. The number of rotatable bonds is 5. The summed E-state index contributed by atoms with van der Waals surface area (Å²) in [5.74, 6) is 0.517. The van der Waals surface area contributed by atoms with Crippen molar-refractivity contribution < 1.29 is 9.53 Å². The van der Waals surface area contributed by atoms with E-state index in [4.69, 9.17) is 4.74 Å². The number of amides is 1. The molecule has 4 rings (SSSR count). The molecular weight excluding hydrogens is 348 g/mol. The van der Waals surface area contributed by atoms with E-state index in [0.29, 0.717) is 23.5 Å². The Morgan fingerprint density at radius 1 is 1.23 bits per heavy atom. The Morgan fingerprint density at radius 2 is 2.08 bits per heavy atom. The van der Waals surface area contributed by atoms with Crippen LogP contribution in [0.4, 0.5) is 5.69 Å². The van der Waals surface area contributed by atoms with Crippen molar-refractivity contribution in [2.24, 2.45) is 0 Å². The molecule has 0 aliphatic rings. The lowest BCUT2D eigenvalue weighted by atomic mass is 10.2. The minimum absolute atomic E-state index is 0.250. The van der Waals surface area contributed by atoms with Crippen molar-refractivity contribution in [2.45, 2.75) is 6.92 Å². The second-order valence-corrected chi connectivity index (χ2v) is 6.46. The van der Waals surface area contributed by atoms with Gasteiger partial charge < -0.3 is 10.1 Å². The number of nitrogens with zero attached hydrogens (tertiary/aromatic N) is 3. The van der Waals surface area contributed by atoms with Crippen LogP contribution in [-0.2, 0) is 0 Å². The van der Waals surface area contributed by atoms with Crippen LogP contribution in [0.25, 0.3) is 16.2 Å². The average molecular weight is 364 g/mol. The van der Waals surface area contributed by atoms with E-state index in [1.54, 1.807) is 40.4 Å². The van der Waals surface area contributed by atoms with Crippen molar-refractivity contribution in [1.82, 2.24) is 14.6 Å². The lowest BCUT2D eigenvalue weighted by Crippen LogP contribution is -2.12. The number of benzene rings is 1. The molecule has 0 atom stereocenters. The van der Waals surface area contributed by atoms with Crippen LogP contribution in [0.3, 0.4) is 0 Å². The summed E-state index contributed by atoms with van der Waals surface area (Å²) in [6, 6.07) is 13.1. The molecule has 26 heavy (non-hydrogen) atoms. The predicted octanol–water partition coefficient (Wildman–Crippen LogP) is 4.11. The molecule has 0 fully saturated rings. The molecule has 0 spiro atoms. The summed E-state index contributed by atoms with van der Waals surface area (Å²) < 4.78 is 7.10. The zero-order chi connectivity index (χ0) is 17.9. The molecule has 1 amide bonds. The van der Waals surface area contributed by atoms with Crippen molar-refractivity contribution >= 4 is 28.6 Å². The van der Waals surface area contributed by atoms with Gasteiger partial charge >= 0.3 is 0 Å². The van der Waals surface area contributed by atoms with Crippen molar-refractivity contribution in [1.29, 1.82) is 0 Å². The van der Waals surface area contributed by atoms with Gasteiger partial charge in [-0.15, -0.1) is 11.3 Å². The monoisotopic (exact) mass is 364 g/mol. The molecule has 0 bridgehead atoms. The van der Waals surface area contributed by atoms with Crippen molar-refractivity contribution in [3.8, 4) is 16.3 Å². The van der Waals surface area contributed by atoms with Gasteiger partial charge in [-0.1, -0.05) is 6.07 Å². The maximum atomic E-state index is 12.7. The molecule has 3 heterocycles. The number of aromatic nitrogens is 3. The van der Waals surface area contributed by atoms with Gasteiger partial charge in [-0.25, -0.2) is 9.50 Å². The Morgan fingerprint density at radius 3 is 2.81 bits per heavy atom. The van der Waals surface area contributed by atoms with Crippen LogP contribution in [0.15, 0.2) is 60.2 Å². The number of carbonyl (C=O) groups excluding carboxylic acids is 1. The molecule has 0 aliphatic carbocycles. The zero-order valence-corrected chi connectivity index (χ0v) is 14.9. The summed E-state index contributed by atoms with van der Waals surface area (Å²) in [6.45, 7) is 2.53. The van der Waals surface area contributed by atoms with Gasteiger partial charge in [-0.05, 0) is 48.7 Å². The third-order valence-electron chi connectivity index (χ3n) is 3.84. The Kier molecular flexibility index (Phi) is 4.37. The van der Waals surface area contributed by atoms with E-state index in [9.17, 15) is 4.79 Å². The van der Waals surface area contributed by atoms with Gasteiger partial charge in [0.25, 0.3) is 5.91 Å². The normalized spacial score (nSPS) is 10.8. The van der Waals surface area contributed by atoms with Gasteiger partial charge in [0, 0.05) is 11.9 Å². The van der Waals surface area contributed by atoms with Crippen molar-refractivity contribution in [3.63, 3.8) is 0 Å². The largest absolute Gasteiger partial charge is 0.494 e. The summed E-state index contributed by atoms with van der Waals surface area (Å²) in [5.41, 5.74) is 2.55. The van der Waals surface area contributed by atoms with Crippen molar-refractivity contribution in [2.75, 3.05) is 11.9 Å². The third-order valence-corrected chi connectivity index (χ3v) is 4.74. The second-order valence-electron chi connectivity index (χ2n) is 5.51. The van der Waals surface area contributed by atoms with Crippen LogP contribution in [0.2, 0.25) is 0 Å². The standard InChI is InChI=1S/C19H16N4O2S/c1-2-25-14-7-5-13(6-8-14)22-19(24)15-12-21-23-16(9-10-20-18(15)23)17-4-3-11-26-17/h3-12H,2H2,1H3,(H,22,24). The highest BCUT2D eigenvalue weighted by molar-refractivity contribution is 7.13. The highest BCUT2D eigenvalue weighted by Gasteiger charge is 2.16. The molecule has 7 heteroatoms. The minimum atomic E-state index is -0.250. The highest BCUT2D eigenvalue weighted by atomic mass is 32.1. The first-order chi connectivity index (χ1) is 12.8. The second kappa shape index (κ2) is 6.97. The number of thiophene rings is 1. The number of nitrogens with one attached hydrogen (secondary N) is 1. The summed E-state index contributed by atoms with van der Waals surface area (Å²) in [4.78, 5) is 18.1. The molecule has 1 aromatic carbocycles. The van der Waals surface area contributed by atoms with Gasteiger partial charge in [0.05, 0.1) is 23.4 Å². The number of ether oxygens (including phenoxy) is 1. The number of hydrogen-bond acceptors (Lipinski definition) is 5. The van der Waals surface area contributed by atoms with Gasteiger partial charge in [-0.2, -0.15) is 5.10 Å². The van der Waals surface area contributed by atoms with Gasteiger partial charge in [0.15, 0.2) is 5.65 Å². The van der Waals surface area contributed by atoms with E-state index < -0.39 is 0 Å². The Hall–Kier alpha value is -3.19. The molecule has 130 valence electrons. The summed E-state index contributed by atoms with van der Waals surface area (Å²) in [7, 11) is 0. The van der Waals surface area contributed by atoms with Crippen molar-refractivity contribution in [3.05, 3.63) is 65.8 Å². The van der Waals surface area contributed by atoms with E-state index in [1.165, 1.54) is 0 Å². The fourth-order valence-corrected chi connectivity index (χ4v) is 3.40. The smallest absolute Gasteiger partial charge is 0.261 e. The van der Waals surface area contributed by atoms with Crippen LogP contribution in [0.5, 0.6) is 5.75 Å². The number of carbonyl (C=O) groups is 1.